The van der Waals surface area contributed by atoms with Crippen LogP contribution in [0.25, 0.3) is 0 Å². The molecule has 1 aromatic carbocycles. The van der Waals surface area contributed by atoms with Crippen molar-refractivity contribution >= 4 is 12.4 Å². The van der Waals surface area contributed by atoms with Gasteiger partial charge in [0.15, 0.2) is 0 Å². The van der Waals surface area contributed by atoms with Crippen molar-refractivity contribution in [2.45, 2.75) is 38.6 Å². The molecule has 0 aromatic heterocycles. The summed E-state index contributed by atoms with van der Waals surface area (Å²) in [4.78, 5) is 0. The van der Waals surface area contributed by atoms with Gasteiger partial charge in [-0.1, -0.05) is 26.3 Å². The second-order valence-electron chi connectivity index (χ2n) is 4.64. The maximum atomic E-state index is 13.7. The third kappa shape index (κ3) is 4.33. The number of nitrogens with two attached hydrogens (primary N) is 1. The molecule has 3 N–H and O–H groups in total. The van der Waals surface area contributed by atoms with E-state index in [4.69, 9.17) is 5.73 Å². The van der Waals surface area contributed by atoms with Gasteiger partial charge >= 0.3 is 6.18 Å². The zero-order valence-electron chi connectivity index (χ0n) is 11.1. The van der Waals surface area contributed by atoms with Crippen LogP contribution in [0.4, 0.5) is 17.6 Å². The van der Waals surface area contributed by atoms with Gasteiger partial charge in [-0.2, -0.15) is 13.2 Å². The Kier molecular flexibility index (Phi) is 6.93. The highest BCUT2D eigenvalue weighted by atomic mass is 35.5. The summed E-state index contributed by atoms with van der Waals surface area (Å²) in [7, 11) is 0. The van der Waals surface area contributed by atoms with Crippen molar-refractivity contribution in [1.82, 2.24) is 0 Å². The second kappa shape index (κ2) is 7.24. The van der Waals surface area contributed by atoms with Crippen molar-refractivity contribution in [3.8, 4) is 0 Å². The summed E-state index contributed by atoms with van der Waals surface area (Å²) >= 11 is 0. The second-order valence-corrected chi connectivity index (χ2v) is 4.64. The van der Waals surface area contributed by atoms with Gasteiger partial charge in [-0.3, -0.25) is 0 Å². The standard InChI is InChI=1S/C13H17F4NO.ClH/c1-3-7(2)12(19)11(18)9-5-4-8(6-10(9)14)13(15,16)17;/h4-7,11-12,19H,3,18H2,1-2H3;1H/t7?,11-,12+;/m0./s1. The molecule has 3 atom stereocenters. The van der Waals surface area contributed by atoms with E-state index >= 15 is 0 Å². The molecule has 0 amide bonds. The first-order valence-electron chi connectivity index (χ1n) is 5.98. The molecule has 1 unspecified atom stereocenters. The molecular weight excluding hydrogens is 298 g/mol. The fourth-order valence-electron chi connectivity index (χ4n) is 1.75. The van der Waals surface area contributed by atoms with Crippen molar-refractivity contribution in [1.29, 1.82) is 0 Å². The summed E-state index contributed by atoms with van der Waals surface area (Å²) in [6.45, 7) is 3.58. The number of rotatable bonds is 4. The van der Waals surface area contributed by atoms with Gasteiger partial charge in [0.2, 0.25) is 0 Å². The van der Waals surface area contributed by atoms with Gasteiger partial charge < -0.3 is 10.8 Å². The average Bonchev–Trinajstić information content (AvgIpc) is 2.34. The number of aliphatic hydroxyl groups is 1. The van der Waals surface area contributed by atoms with E-state index in [0.29, 0.717) is 12.5 Å². The summed E-state index contributed by atoms with van der Waals surface area (Å²) in [5.41, 5.74) is 4.52. The summed E-state index contributed by atoms with van der Waals surface area (Å²) in [5, 5.41) is 9.88. The fraction of sp³-hybridized carbons (Fsp3) is 0.538. The van der Waals surface area contributed by atoms with Crippen LogP contribution in [-0.4, -0.2) is 11.2 Å². The lowest BCUT2D eigenvalue weighted by atomic mass is 9.91. The Hall–Kier alpha value is -0.850. The van der Waals surface area contributed by atoms with Crippen LogP contribution in [0.2, 0.25) is 0 Å². The Morgan fingerprint density at radius 3 is 2.25 bits per heavy atom. The molecule has 0 saturated carbocycles. The van der Waals surface area contributed by atoms with Gasteiger partial charge in [0, 0.05) is 5.56 Å². The van der Waals surface area contributed by atoms with E-state index in [1.54, 1.807) is 6.92 Å². The first kappa shape index (κ1) is 19.1. The molecule has 1 rings (SSSR count). The van der Waals surface area contributed by atoms with Crippen LogP contribution in [0, 0.1) is 11.7 Å². The maximum Gasteiger partial charge on any atom is 0.416 e. The third-order valence-electron chi connectivity index (χ3n) is 3.28. The molecule has 0 saturated heterocycles. The normalized spacial score (nSPS) is 16.2. The molecule has 116 valence electrons. The van der Waals surface area contributed by atoms with E-state index in [9.17, 15) is 22.7 Å². The Morgan fingerprint density at radius 1 is 1.30 bits per heavy atom. The summed E-state index contributed by atoms with van der Waals surface area (Å²) in [5.74, 6) is -1.22. The Balaban J connectivity index is 0.00000361. The molecule has 0 aliphatic heterocycles. The van der Waals surface area contributed by atoms with Crippen molar-refractivity contribution in [3.05, 3.63) is 35.1 Å². The van der Waals surface area contributed by atoms with Crippen LogP contribution in [-0.2, 0) is 6.18 Å². The number of hydrogen-bond acceptors (Lipinski definition) is 2. The van der Waals surface area contributed by atoms with Gasteiger partial charge in [-0.25, -0.2) is 4.39 Å². The first-order chi connectivity index (χ1) is 8.68. The lowest BCUT2D eigenvalue weighted by Gasteiger charge is -2.24. The monoisotopic (exact) mass is 315 g/mol. The molecule has 0 aliphatic rings. The van der Waals surface area contributed by atoms with Crippen LogP contribution in [0.1, 0.15) is 37.4 Å². The fourth-order valence-corrected chi connectivity index (χ4v) is 1.75. The molecule has 0 bridgehead atoms. The first-order valence-corrected chi connectivity index (χ1v) is 5.98. The van der Waals surface area contributed by atoms with Crippen molar-refractivity contribution in [2.24, 2.45) is 11.7 Å². The van der Waals surface area contributed by atoms with Crippen molar-refractivity contribution < 1.29 is 22.7 Å². The largest absolute Gasteiger partial charge is 0.416 e. The van der Waals surface area contributed by atoms with Gasteiger partial charge in [0.05, 0.1) is 17.7 Å². The van der Waals surface area contributed by atoms with E-state index in [1.165, 1.54) is 0 Å². The number of aliphatic hydroxyl groups excluding tert-OH is 1. The van der Waals surface area contributed by atoms with Crippen molar-refractivity contribution in [2.75, 3.05) is 0 Å². The molecule has 1 aromatic rings. The molecular formula is C13H18ClF4NO. The molecule has 20 heavy (non-hydrogen) atoms. The van der Waals surface area contributed by atoms with Crippen LogP contribution in [0.5, 0.6) is 0 Å². The lowest BCUT2D eigenvalue weighted by molar-refractivity contribution is -0.137. The maximum absolute atomic E-state index is 13.7. The van der Waals surface area contributed by atoms with E-state index in [-0.39, 0.29) is 23.9 Å². The topological polar surface area (TPSA) is 46.2 Å². The molecule has 0 radical (unpaired) electrons. The predicted octanol–water partition coefficient (Wildman–Crippen LogP) is 3.67. The van der Waals surface area contributed by atoms with Gasteiger partial charge in [-0.05, 0) is 18.1 Å². The van der Waals surface area contributed by atoms with E-state index in [0.717, 1.165) is 12.1 Å². The number of alkyl halides is 3. The van der Waals surface area contributed by atoms with E-state index in [1.807, 2.05) is 6.92 Å². The molecule has 0 aliphatic carbocycles. The Morgan fingerprint density at radius 2 is 1.85 bits per heavy atom. The van der Waals surface area contributed by atoms with E-state index in [2.05, 4.69) is 0 Å². The highest BCUT2D eigenvalue weighted by Gasteiger charge is 2.32. The minimum Gasteiger partial charge on any atom is -0.391 e. The third-order valence-corrected chi connectivity index (χ3v) is 3.28. The number of benzene rings is 1. The minimum atomic E-state index is -4.60. The smallest absolute Gasteiger partial charge is 0.391 e. The van der Waals surface area contributed by atoms with Crippen LogP contribution >= 0.6 is 12.4 Å². The van der Waals surface area contributed by atoms with Crippen LogP contribution < -0.4 is 5.73 Å². The Labute approximate surface area is 121 Å². The van der Waals surface area contributed by atoms with Gasteiger partial charge in [0.1, 0.15) is 5.82 Å². The summed E-state index contributed by atoms with van der Waals surface area (Å²) < 4.78 is 50.9. The molecule has 0 spiro atoms. The summed E-state index contributed by atoms with van der Waals surface area (Å²) in [6, 6.07) is 1.10. The lowest BCUT2D eigenvalue weighted by Crippen LogP contribution is -2.32. The van der Waals surface area contributed by atoms with Crippen molar-refractivity contribution in [3.63, 3.8) is 0 Å². The number of hydrogen-bond donors (Lipinski definition) is 2. The van der Waals surface area contributed by atoms with Crippen LogP contribution in [0.3, 0.4) is 0 Å². The highest BCUT2D eigenvalue weighted by molar-refractivity contribution is 5.85. The molecule has 7 heteroatoms. The molecule has 0 fully saturated rings. The zero-order valence-corrected chi connectivity index (χ0v) is 11.9. The number of halogens is 5. The highest BCUT2D eigenvalue weighted by Crippen LogP contribution is 2.32. The quantitative estimate of drug-likeness (QED) is 0.833. The zero-order chi connectivity index (χ0) is 14.8. The average molecular weight is 316 g/mol. The Bertz CT molecular complexity index is 439. The molecule has 0 heterocycles. The SMILES string of the molecule is CCC(C)[C@@H](O)[C@@H](N)c1ccc(C(F)(F)F)cc1F.Cl. The predicted molar refractivity (Wildman–Crippen MR) is 71.0 cm³/mol. The molecule has 2 nitrogen and oxygen atoms in total. The van der Waals surface area contributed by atoms with Gasteiger partial charge in [-0.15, -0.1) is 12.4 Å². The van der Waals surface area contributed by atoms with E-state index < -0.39 is 29.7 Å². The minimum absolute atomic E-state index is 0. The van der Waals surface area contributed by atoms with Crippen LogP contribution in [0.15, 0.2) is 18.2 Å². The summed E-state index contributed by atoms with van der Waals surface area (Å²) in [6.07, 6.45) is -4.97. The van der Waals surface area contributed by atoms with Gasteiger partial charge in [0.25, 0.3) is 0 Å².